The minimum Gasteiger partial charge on any atom is -0.457 e. The summed E-state index contributed by atoms with van der Waals surface area (Å²) in [5, 5.41) is 25.7. The molecule has 1 unspecified atom stereocenters. The summed E-state index contributed by atoms with van der Waals surface area (Å²) in [4.78, 5) is 39.5. The standard InChI is InChI=1S/C30H37NO6/c1-17-10-9-13-22-26(33)19(3)18(2)25-23(16-21-11-7-6-8-12-21)31-28(35)30(22,25)24(37-20(4)32)14-15-29(5,36)27(17)34/h6-9,11-15,17-18,22-26,33,36H,3,10,16H2,1-2,4-5H3,(H,31,35)/t17?,18-,22+,23+,24-,25+,26-,29-,30-/m1/s1. The third kappa shape index (κ3) is 4.59. The number of ketones is 1. The first-order valence-corrected chi connectivity index (χ1v) is 12.9. The Hall–Kier alpha value is -3.03. The van der Waals surface area contributed by atoms with Crippen LogP contribution in [0, 0.1) is 29.1 Å². The van der Waals surface area contributed by atoms with Crippen LogP contribution in [-0.4, -0.2) is 51.7 Å². The van der Waals surface area contributed by atoms with E-state index in [1.54, 1.807) is 19.1 Å². The third-order valence-corrected chi connectivity index (χ3v) is 8.53. The average Bonchev–Trinajstić information content (AvgIpc) is 3.13. The fourth-order valence-corrected chi connectivity index (χ4v) is 6.68. The van der Waals surface area contributed by atoms with E-state index in [1.165, 1.54) is 26.0 Å². The van der Waals surface area contributed by atoms with E-state index in [2.05, 4.69) is 11.9 Å². The lowest BCUT2D eigenvalue weighted by atomic mass is 9.51. The van der Waals surface area contributed by atoms with E-state index < -0.39 is 46.9 Å². The number of hydrogen-bond acceptors (Lipinski definition) is 6. The summed E-state index contributed by atoms with van der Waals surface area (Å²) in [6, 6.07) is 9.49. The van der Waals surface area contributed by atoms with Gasteiger partial charge in [-0.1, -0.05) is 62.9 Å². The molecule has 0 aromatic heterocycles. The molecular formula is C30H37NO6. The third-order valence-electron chi connectivity index (χ3n) is 8.53. The molecule has 0 bridgehead atoms. The number of carbonyl (C=O) groups is 3. The van der Waals surface area contributed by atoms with Crippen molar-refractivity contribution in [2.45, 2.75) is 64.4 Å². The molecule has 7 heteroatoms. The Morgan fingerprint density at radius 3 is 2.51 bits per heavy atom. The van der Waals surface area contributed by atoms with Crippen molar-refractivity contribution in [2.24, 2.45) is 29.1 Å². The highest BCUT2D eigenvalue weighted by molar-refractivity contribution is 5.91. The van der Waals surface area contributed by atoms with Gasteiger partial charge in [-0.05, 0) is 49.0 Å². The van der Waals surface area contributed by atoms with Gasteiger partial charge >= 0.3 is 5.97 Å². The van der Waals surface area contributed by atoms with Crippen molar-refractivity contribution in [1.82, 2.24) is 5.32 Å². The molecule has 3 aliphatic rings. The number of Topliss-reactive ketones (excluding diaryl/α,β-unsaturated/α-hetero) is 1. The number of esters is 1. The molecule has 1 aromatic rings. The number of rotatable bonds is 3. The molecule has 1 saturated heterocycles. The molecule has 198 valence electrons. The molecule has 1 amide bonds. The Balaban J connectivity index is 1.94. The predicted molar refractivity (Wildman–Crippen MR) is 139 cm³/mol. The van der Waals surface area contributed by atoms with Gasteiger partial charge in [-0.3, -0.25) is 14.4 Å². The van der Waals surface area contributed by atoms with Crippen LogP contribution in [-0.2, 0) is 25.5 Å². The second kappa shape index (κ2) is 10.0. The largest absolute Gasteiger partial charge is 0.457 e. The summed E-state index contributed by atoms with van der Waals surface area (Å²) in [6.07, 6.45) is 5.01. The summed E-state index contributed by atoms with van der Waals surface area (Å²) in [5.41, 5.74) is -1.55. The summed E-state index contributed by atoms with van der Waals surface area (Å²) >= 11 is 0. The van der Waals surface area contributed by atoms with Crippen molar-refractivity contribution < 1.29 is 29.3 Å². The van der Waals surface area contributed by atoms with Crippen LogP contribution in [0.5, 0.6) is 0 Å². The van der Waals surface area contributed by atoms with Crippen LogP contribution >= 0.6 is 0 Å². The molecular weight excluding hydrogens is 470 g/mol. The van der Waals surface area contributed by atoms with E-state index in [0.29, 0.717) is 18.4 Å². The molecule has 0 radical (unpaired) electrons. The lowest BCUT2D eigenvalue weighted by molar-refractivity contribution is -0.166. The summed E-state index contributed by atoms with van der Waals surface area (Å²) in [5.74, 6) is -3.26. The summed E-state index contributed by atoms with van der Waals surface area (Å²) in [7, 11) is 0. The number of hydrogen-bond donors (Lipinski definition) is 3. The van der Waals surface area contributed by atoms with Crippen LogP contribution in [0.1, 0.15) is 39.7 Å². The summed E-state index contributed by atoms with van der Waals surface area (Å²) in [6.45, 7) is 10.5. The predicted octanol–water partition coefficient (Wildman–Crippen LogP) is 2.92. The number of aliphatic hydroxyl groups excluding tert-OH is 1. The Labute approximate surface area is 218 Å². The number of allylic oxidation sites excluding steroid dienone is 1. The van der Waals surface area contributed by atoms with Crippen molar-refractivity contribution in [1.29, 1.82) is 0 Å². The van der Waals surface area contributed by atoms with Crippen LogP contribution in [0.3, 0.4) is 0 Å². The quantitative estimate of drug-likeness (QED) is 0.428. The Morgan fingerprint density at radius 2 is 1.86 bits per heavy atom. The second-order valence-electron chi connectivity index (χ2n) is 11.0. The number of aliphatic hydroxyl groups is 2. The van der Waals surface area contributed by atoms with Gasteiger partial charge in [-0.2, -0.15) is 0 Å². The number of ether oxygens (including phenoxy) is 1. The van der Waals surface area contributed by atoms with Crippen molar-refractivity contribution in [3.63, 3.8) is 0 Å². The first kappa shape index (κ1) is 27.0. The summed E-state index contributed by atoms with van der Waals surface area (Å²) < 4.78 is 5.81. The Kier molecular flexibility index (Phi) is 7.32. The zero-order chi connectivity index (χ0) is 27.1. The van der Waals surface area contributed by atoms with E-state index in [1.807, 2.05) is 37.3 Å². The van der Waals surface area contributed by atoms with E-state index in [9.17, 15) is 24.6 Å². The van der Waals surface area contributed by atoms with Crippen molar-refractivity contribution in [3.05, 3.63) is 72.4 Å². The van der Waals surface area contributed by atoms with Crippen LogP contribution < -0.4 is 5.32 Å². The number of amides is 1. The van der Waals surface area contributed by atoms with Gasteiger partial charge in [0.25, 0.3) is 0 Å². The highest BCUT2D eigenvalue weighted by Crippen LogP contribution is 2.58. The molecule has 37 heavy (non-hydrogen) atoms. The Morgan fingerprint density at radius 1 is 1.19 bits per heavy atom. The van der Waals surface area contributed by atoms with Gasteiger partial charge in [-0.25, -0.2) is 0 Å². The monoisotopic (exact) mass is 507 g/mol. The van der Waals surface area contributed by atoms with Gasteiger partial charge in [0.2, 0.25) is 5.91 Å². The topological polar surface area (TPSA) is 113 Å². The van der Waals surface area contributed by atoms with E-state index >= 15 is 0 Å². The first-order valence-electron chi connectivity index (χ1n) is 12.9. The van der Waals surface area contributed by atoms with Gasteiger partial charge in [0.1, 0.15) is 17.1 Å². The van der Waals surface area contributed by atoms with Gasteiger partial charge in [0.05, 0.1) is 6.10 Å². The highest BCUT2D eigenvalue weighted by atomic mass is 16.5. The SMILES string of the molecule is C=C1[C@@H](C)[C@H]2[C@H](Cc3ccccc3)NC(=O)[C@]23[C@H](OC(C)=O)C=C[C@@](C)(O)C(=O)C(C)CC=C[C@H]3[C@@H]1O. The van der Waals surface area contributed by atoms with E-state index in [0.717, 1.165) is 5.56 Å². The number of benzene rings is 1. The molecule has 2 aliphatic carbocycles. The van der Waals surface area contributed by atoms with Gasteiger partial charge in [-0.15, -0.1) is 0 Å². The fourth-order valence-electron chi connectivity index (χ4n) is 6.68. The highest BCUT2D eigenvalue weighted by Gasteiger charge is 2.68. The maximum absolute atomic E-state index is 14.2. The van der Waals surface area contributed by atoms with Crippen LogP contribution in [0.25, 0.3) is 0 Å². The van der Waals surface area contributed by atoms with E-state index in [4.69, 9.17) is 4.74 Å². The molecule has 1 heterocycles. The maximum atomic E-state index is 14.2. The molecule has 7 nitrogen and oxygen atoms in total. The van der Waals surface area contributed by atoms with Crippen LogP contribution in [0.15, 0.2) is 66.8 Å². The molecule has 1 spiro atoms. The van der Waals surface area contributed by atoms with Crippen molar-refractivity contribution in [2.75, 3.05) is 0 Å². The van der Waals surface area contributed by atoms with Crippen molar-refractivity contribution >= 4 is 17.7 Å². The Bertz CT molecular complexity index is 1140. The maximum Gasteiger partial charge on any atom is 0.303 e. The zero-order valence-corrected chi connectivity index (χ0v) is 21.9. The number of nitrogens with one attached hydrogen (secondary N) is 1. The lowest BCUT2D eigenvalue weighted by Crippen LogP contribution is -2.60. The van der Waals surface area contributed by atoms with Crippen molar-refractivity contribution in [3.8, 4) is 0 Å². The molecule has 1 saturated carbocycles. The minimum atomic E-state index is -1.82. The smallest absolute Gasteiger partial charge is 0.303 e. The molecule has 9 atom stereocenters. The lowest BCUT2D eigenvalue weighted by Gasteiger charge is -2.52. The van der Waals surface area contributed by atoms with Gasteiger partial charge in [0.15, 0.2) is 5.78 Å². The van der Waals surface area contributed by atoms with Gasteiger partial charge < -0.3 is 20.3 Å². The zero-order valence-electron chi connectivity index (χ0n) is 21.9. The number of carbonyl (C=O) groups excluding carboxylic acids is 3. The molecule has 4 rings (SSSR count). The average molecular weight is 508 g/mol. The van der Waals surface area contributed by atoms with Crippen LogP contribution in [0.2, 0.25) is 0 Å². The molecule has 1 aliphatic heterocycles. The van der Waals surface area contributed by atoms with E-state index in [-0.39, 0.29) is 23.7 Å². The van der Waals surface area contributed by atoms with Crippen LogP contribution in [0.4, 0.5) is 0 Å². The van der Waals surface area contributed by atoms with Gasteiger partial charge in [0, 0.05) is 30.7 Å². The molecule has 2 fully saturated rings. The minimum absolute atomic E-state index is 0.287. The molecule has 1 aromatic carbocycles. The first-order chi connectivity index (χ1) is 17.4. The normalized spacial score (nSPS) is 39.8. The fraction of sp³-hybridized carbons (Fsp3) is 0.500. The molecule has 3 N–H and O–H groups in total. The second-order valence-corrected chi connectivity index (χ2v) is 11.0.